The second-order valence-corrected chi connectivity index (χ2v) is 11.0. The molecule has 0 fully saturated rings. The Labute approximate surface area is 144 Å². The minimum absolute atomic E-state index is 0.0983. The van der Waals surface area contributed by atoms with Gasteiger partial charge >= 0.3 is 6.09 Å². The van der Waals surface area contributed by atoms with Gasteiger partial charge < -0.3 is 14.8 Å². The fraction of sp³-hybridized carbons (Fsp3) is 0.316. The zero-order chi connectivity index (χ0) is 17.6. The lowest BCUT2D eigenvalue weighted by molar-refractivity contribution is 0.190. The molecule has 2 aromatic rings. The van der Waals surface area contributed by atoms with Crippen LogP contribution >= 0.6 is 0 Å². The van der Waals surface area contributed by atoms with Crippen molar-refractivity contribution >= 4 is 24.8 Å². The van der Waals surface area contributed by atoms with E-state index in [-0.39, 0.29) is 11.6 Å². The molecule has 0 saturated carbocycles. The molecular weight excluding hydrogens is 318 g/mol. The van der Waals surface area contributed by atoms with Gasteiger partial charge in [-0.25, -0.2) is 4.79 Å². The molecule has 0 aromatic heterocycles. The lowest BCUT2D eigenvalue weighted by atomic mass is 10.2. The molecule has 2 N–H and O–H groups in total. The van der Waals surface area contributed by atoms with Crippen molar-refractivity contribution in [2.75, 3.05) is 13.2 Å². The van der Waals surface area contributed by atoms with Crippen molar-refractivity contribution in [1.29, 1.82) is 0 Å². The largest absolute Gasteiger partial charge is 0.465 e. The second-order valence-electron chi connectivity index (χ2n) is 6.74. The maximum Gasteiger partial charge on any atom is 0.404 e. The van der Waals surface area contributed by atoms with Crippen molar-refractivity contribution in [1.82, 2.24) is 5.32 Å². The summed E-state index contributed by atoms with van der Waals surface area (Å²) in [5, 5.41) is 13.5. The molecule has 0 aliphatic rings. The number of nitrogens with one attached hydrogen (secondary N) is 1. The van der Waals surface area contributed by atoms with Gasteiger partial charge in [0.2, 0.25) is 0 Å². The summed E-state index contributed by atoms with van der Waals surface area (Å²) < 4.78 is 6.53. The average molecular weight is 343 g/mol. The Hall–Kier alpha value is -2.11. The van der Waals surface area contributed by atoms with Crippen LogP contribution < -0.4 is 15.7 Å². The molecule has 0 bridgehead atoms. The van der Waals surface area contributed by atoms with Crippen LogP contribution in [0.1, 0.15) is 20.8 Å². The van der Waals surface area contributed by atoms with Gasteiger partial charge in [0, 0.05) is 6.54 Å². The average Bonchev–Trinajstić information content (AvgIpc) is 2.55. The van der Waals surface area contributed by atoms with E-state index in [1.54, 1.807) is 0 Å². The third kappa shape index (κ3) is 3.86. The van der Waals surface area contributed by atoms with Crippen molar-refractivity contribution in [3.63, 3.8) is 0 Å². The minimum Gasteiger partial charge on any atom is -0.465 e. The Morgan fingerprint density at radius 3 is 1.83 bits per heavy atom. The van der Waals surface area contributed by atoms with Crippen molar-refractivity contribution in [2.24, 2.45) is 0 Å². The molecule has 0 aliphatic carbocycles. The van der Waals surface area contributed by atoms with E-state index in [4.69, 9.17) is 9.53 Å². The van der Waals surface area contributed by atoms with Crippen LogP contribution in [0.25, 0.3) is 0 Å². The molecule has 0 spiro atoms. The molecule has 5 heteroatoms. The van der Waals surface area contributed by atoms with E-state index in [9.17, 15) is 4.79 Å². The second kappa shape index (κ2) is 7.64. The maximum atomic E-state index is 10.7. The van der Waals surface area contributed by atoms with Gasteiger partial charge in [0.25, 0.3) is 8.32 Å². The summed E-state index contributed by atoms with van der Waals surface area (Å²) in [6.07, 6.45) is -1.03. The van der Waals surface area contributed by atoms with Gasteiger partial charge in [-0.2, -0.15) is 0 Å². The van der Waals surface area contributed by atoms with E-state index in [2.05, 4.69) is 50.4 Å². The minimum atomic E-state index is -2.55. The van der Waals surface area contributed by atoms with Gasteiger partial charge in [0.15, 0.2) is 0 Å². The topological polar surface area (TPSA) is 58.6 Å². The van der Waals surface area contributed by atoms with Crippen LogP contribution in [-0.2, 0) is 4.43 Å². The number of carboxylic acid groups (broad SMARTS) is 1. The lowest BCUT2D eigenvalue weighted by Crippen LogP contribution is -2.67. The van der Waals surface area contributed by atoms with E-state index in [0.717, 1.165) is 0 Å². The van der Waals surface area contributed by atoms with E-state index in [1.807, 2.05) is 36.4 Å². The third-order valence-corrected chi connectivity index (χ3v) is 9.16. The number of benzene rings is 2. The molecule has 2 aromatic carbocycles. The van der Waals surface area contributed by atoms with Gasteiger partial charge in [0.05, 0.1) is 6.61 Å². The number of hydrogen-bond acceptors (Lipinski definition) is 2. The number of amides is 1. The molecule has 0 saturated heterocycles. The molecule has 0 aliphatic heterocycles. The molecule has 0 radical (unpaired) electrons. The Bertz CT molecular complexity index is 614. The predicted octanol–water partition coefficient (Wildman–Crippen LogP) is 2.83. The van der Waals surface area contributed by atoms with Crippen LogP contribution in [0, 0.1) is 0 Å². The van der Waals surface area contributed by atoms with E-state index < -0.39 is 14.4 Å². The fourth-order valence-electron chi connectivity index (χ4n) is 3.12. The summed E-state index contributed by atoms with van der Waals surface area (Å²) in [5.41, 5.74) is 0. The molecule has 4 nitrogen and oxygen atoms in total. The summed E-state index contributed by atoms with van der Waals surface area (Å²) in [6.45, 7) is 7.22. The van der Waals surface area contributed by atoms with Gasteiger partial charge in [0.1, 0.15) is 0 Å². The first-order chi connectivity index (χ1) is 11.4. The highest BCUT2D eigenvalue weighted by atomic mass is 28.4. The highest BCUT2D eigenvalue weighted by Crippen LogP contribution is 2.36. The molecule has 0 atom stereocenters. The standard InChI is InChI=1S/C19H25NO3Si/c1-19(2,3)24(16-10-6-4-7-11-16,17-12-8-5-9-13-17)23-15-14-20-18(21)22/h4-13,20H,14-15H2,1-3H3,(H,21,22). The first kappa shape index (κ1) is 18.2. The zero-order valence-corrected chi connectivity index (χ0v) is 15.5. The van der Waals surface area contributed by atoms with Crippen LogP contribution in [0.3, 0.4) is 0 Å². The Balaban J connectivity index is 2.47. The van der Waals surface area contributed by atoms with Crippen LogP contribution in [0.2, 0.25) is 5.04 Å². The van der Waals surface area contributed by atoms with Crippen molar-refractivity contribution < 1.29 is 14.3 Å². The number of carbonyl (C=O) groups is 1. The van der Waals surface area contributed by atoms with Crippen LogP contribution in [-0.4, -0.2) is 32.7 Å². The molecular formula is C19H25NO3Si. The van der Waals surface area contributed by atoms with E-state index in [0.29, 0.717) is 6.61 Å². The third-order valence-electron chi connectivity index (χ3n) is 4.11. The predicted molar refractivity (Wildman–Crippen MR) is 99.6 cm³/mol. The van der Waals surface area contributed by atoms with E-state index >= 15 is 0 Å². The van der Waals surface area contributed by atoms with Crippen molar-refractivity contribution in [3.05, 3.63) is 60.7 Å². The summed E-state index contributed by atoms with van der Waals surface area (Å²) >= 11 is 0. The van der Waals surface area contributed by atoms with Crippen LogP contribution in [0.15, 0.2) is 60.7 Å². The SMILES string of the molecule is CC(C)(C)[Si](OCCNC(=O)O)(c1ccccc1)c1ccccc1. The number of rotatable bonds is 6. The molecule has 128 valence electrons. The highest BCUT2D eigenvalue weighted by molar-refractivity contribution is 6.99. The lowest BCUT2D eigenvalue weighted by Gasteiger charge is -2.43. The van der Waals surface area contributed by atoms with Crippen LogP contribution in [0.5, 0.6) is 0 Å². The molecule has 2 rings (SSSR count). The Morgan fingerprint density at radius 1 is 1.00 bits per heavy atom. The van der Waals surface area contributed by atoms with Crippen LogP contribution in [0.4, 0.5) is 4.79 Å². The Morgan fingerprint density at radius 2 is 1.46 bits per heavy atom. The van der Waals surface area contributed by atoms with Crippen molar-refractivity contribution in [2.45, 2.75) is 25.8 Å². The quantitative estimate of drug-likeness (QED) is 0.626. The normalized spacial score (nSPS) is 12.0. The van der Waals surface area contributed by atoms with Gasteiger partial charge in [-0.1, -0.05) is 81.4 Å². The molecule has 24 heavy (non-hydrogen) atoms. The smallest absolute Gasteiger partial charge is 0.404 e. The summed E-state index contributed by atoms with van der Waals surface area (Å²) in [4.78, 5) is 10.7. The fourth-order valence-corrected chi connectivity index (χ4v) is 7.69. The zero-order valence-electron chi connectivity index (χ0n) is 14.5. The molecule has 0 heterocycles. The first-order valence-corrected chi connectivity index (χ1v) is 10.0. The molecule has 1 amide bonds. The van der Waals surface area contributed by atoms with Crippen molar-refractivity contribution in [3.8, 4) is 0 Å². The highest BCUT2D eigenvalue weighted by Gasteiger charge is 2.49. The van der Waals surface area contributed by atoms with Gasteiger partial charge in [-0.3, -0.25) is 0 Å². The Kier molecular flexibility index (Phi) is 5.80. The van der Waals surface area contributed by atoms with E-state index in [1.165, 1.54) is 10.4 Å². The summed E-state index contributed by atoms with van der Waals surface area (Å²) in [6, 6.07) is 20.6. The van der Waals surface area contributed by atoms with Gasteiger partial charge in [-0.15, -0.1) is 0 Å². The maximum absolute atomic E-state index is 10.7. The summed E-state index contributed by atoms with van der Waals surface area (Å²) in [5.74, 6) is 0. The monoisotopic (exact) mass is 343 g/mol. The van der Waals surface area contributed by atoms with Gasteiger partial charge in [-0.05, 0) is 15.4 Å². The molecule has 0 unspecified atom stereocenters. The first-order valence-electron chi connectivity index (χ1n) is 8.10. The number of hydrogen-bond donors (Lipinski definition) is 2. The summed E-state index contributed by atoms with van der Waals surface area (Å²) in [7, 11) is -2.55.